The molecule has 10 nitrogen and oxygen atoms in total. The maximum atomic E-state index is 11.8. The van der Waals surface area contributed by atoms with E-state index in [0.29, 0.717) is 0 Å². The molecule has 4 atom stereocenters. The van der Waals surface area contributed by atoms with Crippen molar-refractivity contribution in [1.82, 2.24) is 0 Å². The summed E-state index contributed by atoms with van der Waals surface area (Å²) in [4.78, 5) is 0. The van der Waals surface area contributed by atoms with Gasteiger partial charge in [-0.1, -0.05) is 0 Å². The highest BCUT2D eigenvalue weighted by atomic mass is 32.2. The Kier molecular flexibility index (Phi) is 6.12. The molecule has 0 aliphatic carbocycles. The summed E-state index contributed by atoms with van der Waals surface area (Å²) in [6.07, 6.45) is -1.90. The van der Waals surface area contributed by atoms with Crippen LogP contribution in [0.2, 0.25) is 0 Å². The third-order valence-electron chi connectivity index (χ3n) is 3.67. The van der Waals surface area contributed by atoms with Crippen molar-refractivity contribution in [2.24, 2.45) is 0 Å². The van der Waals surface area contributed by atoms with Crippen LogP contribution in [0.5, 0.6) is 0 Å². The van der Waals surface area contributed by atoms with Crippen LogP contribution in [0.1, 0.15) is 27.7 Å². The van der Waals surface area contributed by atoms with Gasteiger partial charge in [0.05, 0.1) is 25.7 Å². The fourth-order valence-electron chi connectivity index (χ4n) is 2.87. The van der Waals surface area contributed by atoms with E-state index >= 15 is 0 Å². The summed E-state index contributed by atoms with van der Waals surface area (Å²) in [6.45, 7) is 6.33. The Bertz CT molecular complexity index is 712. The van der Waals surface area contributed by atoms with Crippen molar-refractivity contribution >= 4 is 20.2 Å². The quantitative estimate of drug-likeness (QED) is 0.521. The molecule has 0 aromatic rings. The molecular formula is C14H26O10S2. The molecule has 0 aromatic heterocycles. The van der Waals surface area contributed by atoms with Crippen LogP contribution in [-0.4, -0.2) is 78.6 Å². The van der Waals surface area contributed by atoms with Crippen molar-refractivity contribution in [2.75, 3.05) is 25.7 Å². The topological polar surface area (TPSA) is 124 Å². The lowest BCUT2D eigenvalue weighted by Crippen LogP contribution is -2.48. The molecule has 0 amide bonds. The molecule has 0 bridgehead atoms. The van der Waals surface area contributed by atoms with Crippen molar-refractivity contribution < 1.29 is 44.1 Å². The third-order valence-corrected chi connectivity index (χ3v) is 4.81. The van der Waals surface area contributed by atoms with Gasteiger partial charge in [0.15, 0.2) is 11.6 Å². The Morgan fingerprint density at radius 2 is 1.58 bits per heavy atom. The largest absolute Gasteiger partial charge is 0.348 e. The first-order valence-electron chi connectivity index (χ1n) is 7.97. The molecule has 0 saturated carbocycles. The monoisotopic (exact) mass is 418 g/mol. The molecular weight excluding hydrogens is 392 g/mol. The lowest BCUT2D eigenvalue weighted by atomic mass is 10.0. The molecule has 2 aliphatic heterocycles. The average Bonchev–Trinajstić information content (AvgIpc) is 2.91. The molecule has 0 spiro atoms. The van der Waals surface area contributed by atoms with Crippen molar-refractivity contribution in [2.45, 2.75) is 63.7 Å². The van der Waals surface area contributed by atoms with Crippen LogP contribution >= 0.6 is 0 Å². The Balaban J connectivity index is 2.27. The second-order valence-electron chi connectivity index (χ2n) is 7.26. The van der Waals surface area contributed by atoms with Crippen LogP contribution in [-0.2, 0) is 47.5 Å². The van der Waals surface area contributed by atoms with E-state index < -0.39 is 56.2 Å². The van der Waals surface area contributed by atoms with Crippen LogP contribution in [0.25, 0.3) is 0 Å². The molecule has 2 rings (SSSR count). The fourth-order valence-corrected chi connectivity index (χ4v) is 3.89. The van der Waals surface area contributed by atoms with Gasteiger partial charge in [0.1, 0.15) is 24.4 Å². The number of hydrogen-bond donors (Lipinski definition) is 0. The first kappa shape index (κ1) is 22.0. The Morgan fingerprint density at radius 3 is 2.04 bits per heavy atom. The molecule has 26 heavy (non-hydrogen) atoms. The van der Waals surface area contributed by atoms with Crippen molar-refractivity contribution in [3.63, 3.8) is 0 Å². The third kappa shape index (κ3) is 6.37. The summed E-state index contributed by atoms with van der Waals surface area (Å²) in [6, 6.07) is 0. The van der Waals surface area contributed by atoms with E-state index in [1.165, 1.54) is 0 Å². The molecule has 2 saturated heterocycles. The Hall–Kier alpha value is -0.340. The molecule has 0 N–H and O–H groups in total. The SMILES string of the molecule is CC1(C)OCC([C@@H](OS(C)(=O)=O)[C@H]2OC(C)(C)O[C@H]2COS(C)(=O)=O)O1. The van der Waals surface area contributed by atoms with Crippen molar-refractivity contribution in [3.05, 3.63) is 0 Å². The van der Waals surface area contributed by atoms with E-state index in [2.05, 4.69) is 0 Å². The summed E-state index contributed by atoms with van der Waals surface area (Å²) < 4.78 is 78.8. The minimum absolute atomic E-state index is 0.0765. The van der Waals surface area contributed by atoms with E-state index in [1.807, 2.05) is 0 Å². The molecule has 12 heteroatoms. The van der Waals surface area contributed by atoms with Gasteiger partial charge in [0, 0.05) is 0 Å². The van der Waals surface area contributed by atoms with Gasteiger partial charge in [-0.05, 0) is 27.7 Å². The van der Waals surface area contributed by atoms with Gasteiger partial charge < -0.3 is 18.9 Å². The highest BCUT2D eigenvalue weighted by Gasteiger charge is 2.52. The number of hydrogen-bond acceptors (Lipinski definition) is 10. The average molecular weight is 418 g/mol. The smallest absolute Gasteiger partial charge is 0.264 e. The van der Waals surface area contributed by atoms with E-state index in [4.69, 9.17) is 27.3 Å². The second kappa shape index (κ2) is 7.24. The predicted octanol–water partition coefficient (Wildman–Crippen LogP) is -0.0210. The first-order valence-corrected chi connectivity index (χ1v) is 11.6. The van der Waals surface area contributed by atoms with Gasteiger partial charge in [0.25, 0.3) is 20.2 Å². The van der Waals surface area contributed by atoms with Crippen molar-refractivity contribution in [3.8, 4) is 0 Å². The maximum absolute atomic E-state index is 11.8. The van der Waals surface area contributed by atoms with E-state index in [-0.39, 0.29) is 13.2 Å². The summed E-state index contributed by atoms with van der Waals surface area (Å²) in [5.74, 6) is -2.01. The van der Waals surface area contributed by atoms with Crippen molar-refractivity contribution in [1.29, 1.82) is 0 Å². The summed E-state index contributed by atoms with van der Waals surface area (Å²) in [7, 11) is -7.59. The van der Waals surface area contributed by atoms with Gasteiger partial charge in [-0.15, -0.1) is 0 Å². The molecule has 0 aromatic carbocycles. The van der Waals surface area contributed by atoms with Gasteiger partial charge in [-0.25, -0.2) is 0 Å². The molecule has 2 heterocycles. The second-order valence-corrected chi connectivity index (χ2v) is 10.5. The van der Waals surface area contributed by atoms with Gasteiger partial charge in [0.2, 0.25) is 0 Å². The van der Waals surface area contributed by atoms with Gasteiger partial charge in [-0.3, -0.25) is 8.37 Å². The van der Waals surface area contributed by atoms with Crippen LogP contribution < -0.4 is 0 Å². The zero-order chi connectivity index (χ0) is 20.0. The van der Waals surface area contributed by atoms with Crippen LogP contribution in [0, 0.1) is 0 Å². The van der Waals surface area contributed by atoms with Crippen LogP contribution in [0.15, 0.2) is 0 Å². The highest BCUT2D eigenvalue weighted by molar-refractivity contribution is 7.86. The minimum atomic E-state index is -3.87. The molecule has 2 aliphatic rings. The first-order chi connectivity index (χ1) is 11.6. The van der Waals surface area contributed by atoms with Crippen LogP contribution in [0.4, 0.5) is 0 Å². The number of rotatable bonds is 7. The fraction of sp³-hybridized carbons (Fsp3) is 1.00. The van der Waals surface area contributed by atoms with E-state index in [0.717, 1.165) is 12.5 Å². The molecule has 1 unspecified atom stereocenters. The summed E-state index contributed by atoms with van der Waals surface area (Å²) in [5.41, 5.74) is 0. The number of ether oxygens (including phenoxy) is 4. The standard InChI is InChI=1S/C14H26O10S2/c1-13(2)19-7-9(21-13)12(24-26(6,17)18)11-10(8-20-25(5,15)16)22-14(3,4)23-11/h9-12H,7-8H2,1-6H3/t9?,10-,11-,12+/m0/s1. The Morgan fingerprint density at radius 1 is 0.962 bits per heavy atom. The molecule has 2 fully saturated rings. The van der Waals surface area contributed by atoms with E-state index in [1.54, 1.807) is 27.7 Å². The highest BCUT2D eigenvalue weighted by Crippen LogP contribution is 2.36. The predicted molar refractivity (Wildman–Crippen MR) is 89.2 cm³/mol. The van der Waals surface area contributed by atoms with E-state index in [9.17, 15) is 16.8 Å². The molecule has 154 valence electrons. The summed E-state index contributed by atoms with van der Waals surface area (Å²) in [5, 5.41) is 0. The minimum Gasteiger partial charge on any atom is -0.348 e. The normalized spacial score (nSPS) is 32.6. The molecule has 0 radical (unpaired) electrons. The lowest BCUT2D eigenvalue weighted by Gasteiger charge is -2.29. The maximum Gasteiger partial charge on any atom is 0.264 e. The summed E-state index contributed by atoms with van der Waals surface area (Å²) >= 11 is 0. The zero-order valence-electron chi connectivity index (χ0n) is 15.6. The Labute approximate surface area is 154 Å². The lowest BCUT2D eigenvalue weighted by molar-refractivity contribution is -0.174. The zero-order valence-corrected chi connectivity index (χ0v) is 17.3. The van der Waals surface area contributed by atoms with Crippen LogP contribution in [0.3, 0.4) is 0 Å². The van der Waals surface area contributed by atoms with Gasteiger partial charge >= 0.3 is 0 Å². The van der Waals surface area contributed by atoms with Gasteiger partial charge in [-0.2, -0.15) is 16.8 Å².